The second-order valence-electron chi connectivity index (χ2n) is 7.01. The van der Waals surface area contributed by atoms with E-state index in [9.17, 15) is 18.0 Å². The summed E-state index contributed by atoms with van der Waals surface area (Å²) in [4.78, 5) is 24.4. The number of carbonyl (C=O) groups excluding carboxylic acids is 2. The third-order valence-electron chi connectivity index (χ3n) is 4.91. The van der Waals surface area contributed by atoms with Gasteiger partial charge in [-0.15, -0.1) is 0 Å². The molecule has 2 aromatic rings. The molecule has 0 aliphatic carbocycles. The molecule has 0 spiro atoms. The van der Waals surface area contributed by atoms with Crippen LogP contribution < -0.4 is 0 Å². The number of furan rings is 1. The molecular formula is C19H23NO6S. The number of esters is 1. The van der Waals surface area contributed by atoms with Gasteiger partial charge in [-0.25, -0.2) is 8.42 Å². The zero-order valence-electron chi connectivity index (χ0n) is 15.4. The second kappa shape index (κ2) is 7.72. The monoisotopic (exact) mass is 393 g/mol. The van der Waals surface area contributed by atoms with Crippen LogP contribution in [-0.4, -0.2) is 42.9 Å². The molecule has 1 atom stereocenters. The van der Waals surface area contributed by atoms with Crippen LogP contribution in [0, 0.1) is 19.8 Å². The SMILES string of the molecule is Cc1cc(C(=O)COC(=O)C[C@@H]2CCS(=O)(=O)C2)c(C)n1Cc1ccco1. The van der Waals surface area contributed by atoms with E-state index in [1.807, 2.05) is 30.5 Å². The van der Waals surface area contributed by atoms with Crippen LogP contribution in [0.5, 0.6) is 0 Å². The van der Waals surface area contributed by atoms with Crippen molar-refractivity contribution in [2.45, 2.75) is 33.2 Å². The number of aryl methyl sites for hydroxylation is 1. The maximum absolute atomic E-state index is 12.5. The first-order chi connectivity index (χ1) is 12.7. The van der Waals surface area contributed by atoms with Crippen molar-refractivity contribution in [3.05, 3.63) is 47.2 Å². The number of hydrogen-bond donors (Lipinski definition) is 0. The topological polar surface area (TPSA) is 95.6 Å². The van der Waals surface area contributed by atoms with E-state index in [4.69, 9.17) is 9.15 Å². The highest BCUT2D eigenvalue weighted by Gasteiger charge is 2.30. The van der Waals surface area contributed by atoms with Gasteiger partial charge in [-0.05, 0) is 44.4 Å². The molecular weight excluding hydrogens is 370 g/mol. The average molecular weight is 393 g/mol. The zero-order chi connectivity index (χ0) is 19.6. The van der Waals surface area contributed by atoms with E-state index in [0.29, 0.717) is 18.5 Å². The standard InChI is InChI=1S/C19H23NO6S/c1-13-8-17(14(2)20(13)10-16-4-3-6-25-16)18(21)11-26-19(22)9-15-5-7-27(23,24)12-15/h3-4,6,8,15H,5,7,9-12H2,1-2H3/t15-/m0/s1. The summed E-state index contributed by atoms with van der Waals surface area (Å²) >= 11 is 0. The summed E-state index contributed by atoms with van der Waals surface area (Å²) in [6.45, 7) is 3.92. The van der Waals surface area contributed by atoms with Crippen LogP contribution in [0.1, 0.15) is 40.3 Å². The first-order valence-electron chi connectivity index (χ1n) is 8.83. The van der Waals surface area contributed by atoms with Gasteiger partial charge in [-0.1, -0.05) is 0 Å². The van der Waals surface area contributed by atoms with Crippen LogP contribution in [0.25, 0.3) is 0 Å². The lowest BCUT2D eigenvalue weighted by molar-refractivity contribution is -0.143. The molecule has 1 fully saturated rings. The van der Waals surface area contributed by atoms with Crippen LogP contribution in [0.4, 0.5) is 0 Å². The van der Waals surface area contributed by atoms with E-state index in [0.717, 1.165) is 17.1 Å². The molecule has 8 heteroatoms. The lowest BCUT2D eigenvalue weighted by Crippen LogP contribution is -2.18. The Balaban J connectivity index is 1.57. The summed E-state index contributed by atoms with van der Waals surface area (Å²) in [6, 6.07) is 5.45. The highest BCUT2D eigenvalue weighted by atomic mass is 32.2. The van der Waals surface area contributed by atoms with Gasteiger partial charge in [0.25, 0.3) is 0 Å². The fourth-order valence-electron chi connectivity index (χ4n) is 3.44. The van der Waals surface area contributed by atoms with E-state index in [1.165, 1.54) is 0 Å². The van der Waals surface area contributed by atoms with Crippen LogP contribution in [-0.2, 0) is 25.9 Å². The Morgan fingerprint density at radius 1 is 1.33 bits per heavy atom. The van der Waals surface area contributed by atoms with Gasteiger partial charge in [0.1, 0.15) is 5.76 Å². The van der Waals surface area contributed by atoms with E-state index in [1.54, 1.807) is 12.3 Å². The summed E-state index contributed by atoms with van der Waals surface area (Å²) < 4.78 is 35.3. The molecule has 3 heterocycles. The Labute approximate surface area is 158 Å². The Kier molecular flexibility index (Phi) is 5.55. The van der Waals surface area contributed by atoms with Crippen LogP contribution in [0.2, 0.25) is 0 Å². The number of carbonyl (C=O) groups is 2. The first-order valence-corrected chi connectivity index (χ1v) is 10.7. The van der Waals surface area contributed by atoms with Gasteiger partial charge in [0, 0.05) is 23.4 Å². The largest absolute Gasteiger partial charge is 0.467 e. The third-order valence-corrected chi connectivity index (χ3v) is 6.75. The molecule has 0 amide bonds. The lowest BCUT2D eigenvalue weighted by atomic mass is 10.1. The molecule has 1 aliphatic rings. The molecule has 3 rings (SSSR count). The lowest BCUT2D eigenvalue weighted by Gasteiger charge is -2.09. The Bertz CT molecular complexity index is 939. The smallest absolute Gasteiger partial charge is 0.306 e. The van der Waals surface area contributed by atoms with Gasteiger partial charge in [0.2, 0.25) is 5.78 Å². The molecule has 146 valence electrons. The molecule has 0 aromatic carbocycles. The van der Waals surface area contributed by atoms with Gasteiger partial charge in [-0.3, -0.25) is 9.59 Å². The first kappa shape index (κ1) is 19.4. The van der Waals surface area contributed by atoms with Crippen LogP contribution in [0.15, 0.2) is 28.9 Å². The quantitative estimate of drug-likeness (QED) is 0.529. The maximum atomic E-state index is 12.5. The van der Waals surface area contributed by atoms with E-state index >= 15 is 0 Å². The minimum Gasteiger partial charge on any atom is -0.467 e. The maximum Gasteiger partial charge on any atom is 0.306 e. The van der Waals surface area contributed by atoms with E-state index < -0.39 is 15.8 Å². The van der Waals surface area contributed by atoms with E-state index in [-0.39, 0.29) is 36.2 Å². The zero-order valence-corrected chi connectivity index (χ0v) is 16.3. The fraction of sp³-hybridized carbons (Fsp3) is 0.474. The van der Waals surface area contributed by atoms with Crippen molar-refractivity contribution < 1.29 is 27.2 Å². The van der Waals surface area contributed by atoms with E-state index in [2.05, 4.69) is 0 Å². The molecule has 0 bridgehead atoms. The number of sulfone groups is 1. The number of ether oxygens (including phenoxy) is 1. The summed E-state index contributed by atoms with van der Waals surface area (Å²) in [5, 5.41) is 0. The van der Waals surface area contributed by atoms with Crippen molar-refractivity contribution in [3.63, 3.8) is 0 Å². The highest BCUT2D eigenvalue weighted by Crippen LogP contribution is 2.22. The molecule has 2 aromatic heterocycles. The number of nitrogens with zero attached hydrogens (tertiary/aromatic N) is 1. The van der Waals surface area contributed by atoms with Gasteiger partial charge in [0.15, 0.2) is 16.4 Å². The molecule has 1 saturated heterocycles. The van der Waals surface area contributed by atoms with Crippen LogP contribution in [0.3, 0.4) is 0 Å². The molecule has 0 unspecified atom stereocenters. The number of ketones is 1. The Hall–Kier alpha value is -2.35. The summed E-state index contributed by atoms with van der Waals surface area (Å²) in [5.41, 5.74) is 2.21. The molecule has 0 N–H and O–H groups in total. The molecule has 0 radical (unpaired) electrons. The van der Waals surface area contributed by atoms with Crippen molar-refractivity contribution >= 4 is 21.6 Å². The Morgan fingerprint density at radius 3 is 2.74 bits per heavy atom. The van der Waals surface area contributed by atoms with Crippen molar-refractivity contribution in [2.75, 3.05) is 18.1 Å². The Morgan fingerprint density at radius 2 is 2.11 bits per heavy atom. The number of rotatable bonds is 7. The molecule has 0 saturated carbocycles. The number of aromatic nitrogens is 1. The van der Waals surface area contributed by atoms with Gasteiger partial charge >= 0.3 is 5.97 Å². The van der Waals surface area contributed by atoms with Crippen molar-refractivity contribution in [2.24, 2.45) is 5.92 Å². The second-order valence-corrected chi connectivity index (χ2v) is 9.24. The van der Waals surface area contributed by atoms with Crippen molar-refractivity contribution in [1.82, 2.24) is 4.57 Å². The number of Topliss-reactive ketones (excluding diaryl/α,β-unsaturated/α-hetero) is 1. The number of hydrogen-bond acceptors (Lipinski definition) is 6. The minimum absolute atomic E-state index is 0.0178. The summed E-state index contributed by atoms with van der Waals surface area (Å²) in [6.07, 6.45) is 2.11. The van der Waals surface area contributed by atoms with Gasteiger partial charge < -0.3 is 13.7 Å². The molecule has 27 heavy (non-hydrogen) atoms. The third kappa shape index (κ3) is 4.68. The molecule has 7 nitrogen and oxygen atoms in total. The predicted molar refractivity (Wildman–Crippen MR) is 98.4 cm³/mol. The van der Waals surface area contributed by atoms with Gasteiger partial charge in [0.05, 0.1) is 24.3 Å². The van der Waals surface area contributed by atoms with Crippen LogP contribution >= 0.6 is 0 Å². The van der Waals surface area contributed by atoms with Crippen molar-refractivity contribution in [3.8, 4) is 0 Å². The summed E-state index contributed by atoms with van der Waals surface area (Å²) in [7, 11) is -3.03. The van der Waals surface area contributed by atoms with Gasteiger partial charge in [-0.2, -0.15) is 0 Å². The predicted octanol–water partition coefficient (Wildman–Crippen LogP) is 2.30. The normalized spacial score (nSPS) is 18.5. The molecule has 1 aliphatic heterocycles. The fourth-order valence-corrected chi connectivity index (χ4v) is 5.30. The average Bonchev–Trinajstić information content (AvgIpc) is 3.29. The highest BCUT2D eigenvalue weighted by molar-refractivity contribution is 7.91. The van der Waals surface area contributed by atoms with Crippen molar-refractivity contribution in [1.29, 1.82) is 0 Å². The minimum atomic E-state index is -3.03. The summed E-state index contributed by atoms with van der Waals surface area (Å²) in [5.74, 6) is -0.101.